The molecule has 0 bridgehead atoms. The van der Waals surface area contributed by atoms with Crippen LogP contribution in [0.4, 0.5) is 14.5 Å². The van der Waals surface area contributed by atoms with Crippen molar-refractivity contribution in [2.75, 3.05) is 12.4 Å². The molecule has 25 heavy (non-hydrogen) atoms. The highest BCUT2D eigenvalue weighted by Crippen LogP contribution is 2.32. The van der Waals surface area contributed by atoms with Crippen LogP contribution in [-0.4, -0.2) is 18.0 Å². The van der Waals surface area contributed by atoms with E-state index in [0.29, 0.717) is 22.8 Å². The summed E-state index contributed by atoms with van der Waals surface area (Å²) in [5.74, 6) is -1.47. The quantitative estimate of drug-likeness (QED) is 0.764. The fraction of sp³-hybridized carbons (Fsp3) is 0.111. The lowest BCUT2D eigenvalue weighted by Crippen LogP contribution is -2.15. The van der Waals surface area contributed by atoms with Crippen LogP contribution in [-0.2, 0) is 11.2 Å². The summed E-state index contributed by atoms with van der Waals surface area (Å²) in [5.41, 5.74) is 1.12. The Morgan fingerprint density at radius 2 is 2.12 bits per heavy atom. The van der Waals surface area contributed by atoms with Crippen molar-refractivity contribution in [1.82, 2.24) is 4.98 Å². The number of benzene rings is 2. The topological polar surface area (TPSA) is 64.4 Å². The summed E-state index contributed by atoms with van der Waals surface area (Å²) < 4.78 is 37.4. The second-order valence-corrected chi connectivity index (χ2v) is 5.22. The van der Waals surface area contributed by atoms with Crippen LogP contribution in [0.3, 0.4) is 0 Å². The summed E-state index contributed by atoms with van der Waals surface area (Å²) in [6.07, 6.45) is 2.57. The molecule has 1 N–H and O–H groups in total. The van der Waals surface area contributed by atoms with E-state index in [2.05, 4.69) is 10.3 Å². The van der Waals surface area contributed by atoms with Gasteiger partial charge in [-0.1, -0.05) is 12.1 Å². The molecule has 0 saturated carbocycles. The van der Waals surface area contributed by atoms with Crippen molar-refractivity contribution in [2.24, 2.45) is 0 Å². The van der Waals surface area contributed by atoms with Crippen molar-refractivity contribution in [3.63, 3.8) is 0 Å². The number of rotatable bonds is 5. The van der Waals surface area contributed by atoms with E-state index in [1.165, 1.54) is 25.6 Å². The van der Waals surface area contributed by atoms with Crippen LogP contribution in [0.1, 0.15) is 5.56 Å². The second-order valence-electron chi connectivity index (χ2n) is 5.22. The molecule has 1 heterocycles. The summed E-state index contributed by atoms with van der Waals surface area (Å²) in [4.78, 5) is 15.9. The maximum absolute atomic E-state index is 13.6. The SMILES string of the molecule is COc1cc(NC(=O)Cc2cccc(F)c2F)ccc1-c1cnco1. The third kappa shape index (κ3) is 3.65. The molecule has 5 nitrogen and oxygen atoms in total. The zero-order valence-corrected chi connectivity index (χ0v) is 13.3. The Morgan fingerprint density at radius 1 is 1.28 bits per heavy atom. The molecule has 0 unspecified atom stereocenters. The molecule has 0 spiro atoms. The molecule has 3 aromatic rings. The van der Waals surface area contributed by atoms with Gasteiger partial charge in [0.05, 0.1) is 25.3 Å². The number of anilines is 1. The van der Waals surface area contributed by atoms with Crippen LogP contribution in [0.25, 0.3) is 11.3 Å². The van der Waals surface area contributed by atoms with Crippen molar-refractivity contribution in [3.8, 4) is 17.1 Å². The number of oxazole rings is 1. The zero-order valence-electron chi connectivity index (χ0n) is 13.3. The van der Waals surface area contributed by atoms with Crippen LogP contribution in [0.2, 0.25) is 0 Å². The van der Waals surface area contributed by atoms with E-state index >= 15 is 0 Å². The van der Waals surface area contributed by atoms with Crippen LogP contribution in [0.15, 0.2) is 53.4 Å². The number of hydrogen-bond acceptors (Lipinski definition) is 4. The maximum atomic E-state index is 13.6. The smallest absolute Gasteiger partial charge is 0.228 e. The number of hydrogen-bond donors (Lipinski definition) is 1. The minimum atomic E-state index is -1.02. The summed E-state index contributed by atoms with van der Waals surface area (Å²) in [7, 11) is 1.49. The highest BCUT2D eigenvalue weighted by Gasteiger charge is 2.14. The molecule has 0 aliphatic rings. The Kier molecular flexibility index (Phi) is 4.74. The normalized spacial score (nSPS) is 10.5. The van der Waals surface area contributed by atoms with E-state index in [1.807, 2.05) is 0 Å². The van der Waals surface area contributed by atoms with E-state index in [4.69, 9.17) is 9.15 Å². The summed E-state index contributed by atoms with van der Waals surface area (Å²) in [5, 5.41) is 2.63. The fourth-order valence-electron chi connectivity index (χ4n) is 2.38. The zero-order chi connectivity index (χ0) is 17.8. The number of amides is 1. The van der Waals surface area contributed by atoms with Gasteiger partial charge in [-0.3, -0.25) is 4.79 Å². The summed E-state index contributed by atoms with van der Waals surface area (Å²) in [6.45, 7) is 0. The molecule has 128 valence electrons. The predicted molar refractivity (Wildman–Crippen MR) is 87.2 cm³/mol. The maximum Gasteiger partial charge on any atom is 0.228 e. The average molecular weight is 344 g/mol. The van der Waals surface area contributed by atoms with Crippen molar-refractivity contribution in [2.45, 2.75) is 6.42 Å². The molecule has 2 aromatic carbocycles. The van der Waals surface area contributed by atoms with Gasteiger partial charge in [-0.15, -0.1) is 0 Å². The van der Waals surface area contributed by atoms with Gasteiger partial charge in [0.25, 0.3) is 0 Å². The lowest BCUT2D eigenvalue weighted by Gasteiger charge is -2.10. The second kappa shape index (κ2) is 7.12. The van der Waals surface area contributed by atoms with E-state index in [9.17, 15) is 13.6 Å². The molecule has 0 atom stereocenters. The summed E-state index contributed by atoms with van der Waals surface area (Å²) >= 11 is 0. The number of ether oxygens (including phenoxy) is 1. The van der Waals surface area contributed by atoms with Crippen molar-refractivity contribution in [1.29, 1.82) is 0 Å². The van der Waals surface area contributed by atoms with Gasteiger partial charge in [-0.2, -0.15) is 0 Å². The van der Waals surface area contributed by atoms with Gasteiger partial charge in [-0.05, 0) is 18.2 Å². The first-order valence-electron chi connectivity index (χ1n) is 7.38. The van der Waals surface area contributed by atoms with Gasteiger partial charge in [0.15, 0.2) is 23.8 Å². The van der Waals surface area contributed by atoms with Crippen LogP contribution < -0.4 is 10.1 Å². The minimum Gasteiger partial charge on any atom is -0.496 e. The summed E-state index contributed by atoms with van der Waals surface area (Å²) in [6, 6.07) is 8.70. The number of nitrogens with zero attached hydrogens (tertiary/aromatic N) is 1. The van der Waals surface area contributed by atoms with E-state index in [1.54, 1.807) is 24.4 Å². The van der Waals surface area contributed by atoms with E-state index in [0.717, 1.165) is 6.07 Å². The Bertz CT molecular complexity index is 895. The van der Waals surface area contributed by atoms with Gasteiger partial charge in [0.2, 0.25) is 5.91 Å². The first-order valence-corrected chi connectivity index (χ1v) is 7.38. The number of carbonyl (C=O) groups is 1. The van der Waals surface area contributed by atoms with Crippen LogP contribution in [0.5, 0.6) is 5.75 Å². The molecule has 3 rings (SSSR count). The first kappa shape index (κ1) is 16.6. The molecule has 0 radical (unpaired) electrons. The van der Waals surface area contributed by atoms with Gasteiger partial charge in [-0.25, -0.2) is 13.8 Å². The molecule has 0 saturated heterocycles. The number of halogens is 2. The number of carbonyl (C=O) groups excluding carboxylic acids is 1. The molecule has 7 heteroatoms. The largest absolute Gasteiger partial charge is 0.496 e. The Morgan fingerprint density at radius 3 is 2.84 bits per heavy atom. The molecule has 1 aromatic heterocycles. The third-order valence-electron chi connectivity index (χ3n) is 3.57. The van der Waals surface area contributed by atoms with E-state index in [-0.39, 0.29) is 12.0 Å². The van der Waals surface area contributed by atoms with Gasteiger partial charge in [0, 0.05) is 17.3 Å². The standard InChI is InChI=1S/C18H14F2N2O3/c1-24-15-8-12(5-6-13(15)16-9-21-10-25-16)22-17(23)7-11-3-2-4-14(19)18(11)20/h2-6,8-10H,7H2,1H3,(H,22,23). The predicted octanol–water partition coefficient (Wildman–Crippen LogP) is 3.81. The number of nitrogens with one attached hydrogen (secondary N) is 1. The number of methoxy groups -OCH3 is 1. The molecule has 1 amide bonds. The Hall–Kier alpha value is -3.22. The fourth-order valence-corrected chi connectivity index (χ4v) is 2.38. The van der Waals surface area contributed by atoms with Crippen molar-refractivity contribution >= 4 is 11.6 Å². The Balaban J connectivity index is 1.76. The van der Waals surface area contributed by atoms with Crippen molar-refractivity contribution in [3.05, 3.63) is 66.2 Å². The first-order chi connectivity index (χ1) is 12.1. The lowest BCUT2D eigenvalue weighted by atomic mass is 10.1. The molecule has 0 aliphatic heterocycles. The highest BCUT2D eigenvalue weighted by atomic mass is 19.2. The van der Waals surface area contributed by atoms with Gasteiger partial charge in [0.1, 0.15) is 5.75 Å². The molecule has 0 aliphatic carbocycles. The highest BCUT2D eigenvalue weighted by molar-refractivity contribution is 5.93. The van der Waals surface area contributed by atoms with E-state index < -0.39 is 17.5 Å². The molecular formula is C18H14F2N2O3. The van der Waals surface area contributed by atoms with Gasteiger partial charge < -0.3 is 14.5 Å². The molecular weight excluding hydrogens is 330 g/mol. The van der Waals surface area contributed by atoms with Crippen molar-refractivity contribution < 1.29 is 22.7 Å². The third-order valence-corrected chi connectivity index (χ3v) is 3.57. The monoisotopic (exact) mass is 344 g/mol. The van der Waals surface area contributed by atoms with Crippen LogP contribution >= 0.6 is 0 Å². The van der Waals surface area contributed by atoms with Gasteiger partial charge >= 0.3 is 0 Å². The minimum absolute atomic E-state index is 0.0113. The molecule has 0 fully saturated rings. The number of aromatic nitrogens is 1. The lowest BCUT2D eigenvalue weighted by molar-refractivity contribution is -0.115. The Labute approximate surface area is 142 Å². The average Bonchev–Trinajstić information content (AvgIpc) is 3.13. The van der Waals surface area contributed by atoms with Crippen LogP contribution in [0, 0.1) is 11.6 Å².